The van der Waals surface area contributed by atoms with Crippen LogP contribution in [0.4, 0.5) is 0 Å². The van der Waals surface area contributed by atoms with Crippen LogP contribution in [-0.4, -0.2) is 5.78 Å². The van der Waals surface area contributed by atoms with Gasteiger partial charge in [0.05, 0.1) is 0 Å². The number of hydrogen-bond donors (Lipinski definition) is 0. The Balaban J connectivity index is 2.27. The van der Waals surface area contributed by atoms with Gasteiger partial charge in [-0.05, 0) is 12.3 Å². The van der Waals surface area contributed by atoms with E-state index >= 15 is 0 Å². The molecular formula is C9H10O. The second-order valence-corrected chi connectivity index (χ2v) is 2.96. The average Bonchev–Trinajstić information content (AvgIpc) is 2.34. The topological polar surface area (TPSA) is 17.1 Å². The Hall–Kier alpha value is -0.850. The minimum Gasteiger partial charge on any atom is -0.299 e. The largest absolute Gasteiger partial charge is 0.299 e. The lowest BCUT2D eigenvalue weighted by atomic mass is 9.92. The fourth-order valence-corrected chi connectivity index (χ4v) is 1.75. The summed E-state index contributed by atoms with van der Waals surface area (Å²) in [5, 5.41) is 0. The molecule has 0 spiro atoms. The van der Waals surface area contributed by atoms with Crippen molar-refractivity contribution in [1.29, 1.82) is 0 Å². The van der Waals surface area contributed by atoms with E-state index in [1.165, 1.54) is 0 Å². The maximum atomic E-state index is 11.1. The molecule has 2 aliphatic rings. The van der Waals surface area contributed by atoms with E-state index in [1.54, 1.807) is 0 Å². The van der Waals surface area contributed by atoms with Gasteiger partial charge in [-0.25, -0.2) is 0 Å². The molecule has 1 fully saturated rings. The number of Topliss-reactive ketones (excluding diaryl/α,β-unsaturated/α-hetero) is 1. The predicted molar refractivity (Wildman–Crippen MR) is 39.5 cm³/mol. The standard InChI is InChI=1S/C9H10O/c10-9-6-5-7-3-1-2-4-8(7)9/h1-4,7-8H,5-6H2. The highest BCUT2D eigenvalue weighted by atomic mass is 16.1. The Morgan fingerprint density at radius 3 is 2.90 bits per heavy atom. The van der Waals surface area contributed by atoms with Crippen molar-refractivity contribution in [2.75, 3.05) is 0 Å². The number of ketones is 1. The summed E-state index contributed by atoms with van der Waals surface area (Å²) in [6.45, 7) is 0. The van der Waals surface area contributed by atoms with Crippen molar-refractivity contribution in [3.63, 3.8) is 0 Å². The van der Waals surface area contributed by atoms with Gasteiger partial charge in [-0.1, -0.05) is 24.3 Å². The molecule has 1 saturated carbocycles. The van der Waals surface area contributed by atoms with Crippen LogP contribution in [0.2, 0.25) is 0 Å². The second-order valence-electron chi connectivity index (χ2n) is 2.96. The fraction of sp³-hybridized carbons (Fsp3) is 0.444. The molecule has 0 saturated heterocycles. The number of allylic oxidation sites excluding steroid dienone is 4. The Kier molecular flexibility index (Phi) is 1.23. The summed E-state index contributed by atoms with van der Waals surface area (Å²) in [6, 6.07) is 0. The lowest BCUT2D eigenvalue weighted by Gasteiger charge is -2.12. The zero-order valence-electron chi connectivity index (χ0n) is 5.79. The smallest absolute Gasteiger partial charge is 0.140 e. The van der Waals surface area contributed by atoms with Crippen LogP contribution < -0.4 is 0 Å². The summed E-state index contributed by atoms with van der Waals surface area (Å²) in [6.07, 6.45) is 10.0. The highest BCUT2D eigenvalue weighted by Gasteiger charge is 2.31. The van der Waals surface area contributed by atoms with Gasteiger partial charge in [-0.3, -0.25) is 4.79 Å². The lowest BCUT2D eigenvalue weighted by molar-refractivity contribution is -0.119. The third-order valence-corrected chi connectivity index (χ3v) is 2.34. The summed E-state index contributed by atoms with van der Waals surface area (Å²) >= 11 is 0. The molecule has 2 unspecified atom stereocenters. The van der Waals surface area contributed by atoms with Gasteiger partial charge >= 0.3 is 0 Å². The Morgan fingerprint density at radius 1 is 1.30 bits per heavy atom. The Bertz CT molecular complexity index is 213. The molecule has 2 atom stereocenters. The number of carbonyl (C=O) groups excluding carboxylic acids is 1. The van der Waals surface area contributed by atoms with Crippen LogP contribution >= 0.6 is 0 Å². The van der Waals surface area contributed by atoms with E-state index in [2.05, 4.69) is 6.08 Å². The Labute approximate surface area is 60.4 Å². The van der Waals surface area contributed by atoms with Crippen LogP contribution in [-0.2, 0) is 4.79 Å². The molecule has 0 aromatic carbocycles. The van der Waals surface area contributed by atoms with E-state index in [4.69, 9.17) is 0 Å². The van der Waals surface area contributed by atoms with Gasteiger partial charge in [-0.15, -0.1) is 0 Å². The molecule has 0 amide bonds. The van der Waals surface area contributed by atoms with Gasteiger partial charge in [0.15, 0.2) is 0 Å². The van der Waals surface area contributed by atoms with Crippen molar-refractivity contribution in [2.45, 2.75) is 12.8 Å². The summed E-state index contributed by atoms with van der Waals surface area (Å²) in [4.78, 5) is 11.1. The van der Waals surface area contributed by atoms with Crippen molar-refractivity contribution in [3.05, 3.63) is 24.3 Å². The molecule has 0 heterocycles. The number of rotatable bonds is 0. The Morgan fingerprint density at radius 2 is 2.10 bits per heavy atom. The van der Waals surface area contributed by atoms with E-state index < -0.39 is 0 Å². The second kappa shape index (κ2) is 2.08. The highest BCUT2D eigenvalue weighted by molar-refractivity contribution is 5.85. The van der Waals surface area contributed by atoms with Crippen LogP contribution in [0.25, 0.3) is 0 Å². The molecule has 0 aromatic rings. The molecule has 0 N–H and O–H groups in total. The van der Waals surface area contributed by atoms with Gasteiger partial charge in [-0.2, -0.15) is 0 Å². The SMILES string of the molecule is O=C1CCC2C=CC=CC12. The first-order valence-electron chi connectivity index (χ1n) is 3.75. The normalized spacial score (nSPS) is 36.6. The minimum absolute atomic E-state index is 0.227. The van der Waals surface area contributed by atoms with Crippen molar-refractivity contribution < 1.29 is 4.79 Å². The molecule has 0 bridgehead atoms. The molecule has 1 nitrogen and oxygen atoms in total. The average molecular weight is 134 g/mol. The number of fused-ring (bicyclic) bond motifs is 1. The summed E-state index contributed by atoms with van der Waals surface area (Å²) < 4.78 is 0. The number of carbonyl (C=O) groups is 1. The van der Waals surface area contributed by atoms with Crippen LogP contribution in [0.3, 0.4) is 0 Å². The fourth-order valence-electron chi connectivity index (χ4n) is 1.75. The molecule has 0 aliphatic heterocycles. The first kappa shape index (κ1) is 5.90. The molecular weight excluding hydrogens is 124 g/mol. The molecule has 0 radical (unpaired) electrons. The van der Waals surface area contributed by atoms with Crippen molar-refractivity contribution >= 4 is 5.78 Å². The van der Waals surface area contributed by atoms with Crippen molar-refractivity contribution in [2.24, 2.45) is 11.8 Å². The highest BCUT2D eigenvalue weighted by Crippen LogP contribution is 2.32. The van der Waals surface area contributed by atoms with E-state index in [0.717, 1.165) is 12.8 Å². The van der Waals surface area contributed by atoms with E-state index in [0.29, 0.717) is 11.7 Å². The molecule has 52 valence electrons. The van der Waals surface area contributed by atoms with Gasteiger partial charge in [0.1, 0.15) is 5.78 Å². The quantitative estimate of drug-likeness (QED) is 0.493. The molecule has 10 heavy (non-hydrogen) atoms. The van der Waals surface area contributed by atoms with Gasteiger partial charge in [0, 0.05) is 12.3 Å². The minimum atomic E-state index is 0.227. The molecule has 2 aliphatic carbocycles. The molecule has 2 rings (SSSR count). The van der Waals surface area contributed by atoms with Gasteiger partial charge < -0.3 is 0 Å². The van der Waals surface area contributed by atoms with Gasteiger partial charge in [0.25, 0.3) is 0 Å². The monoisotopic (exact) mass is 134 g/mol. The maximum Gasteiger partial charge on any atom is 0.140 e. The summed E-state index contributed by atoms with van der Waals surface area (Å²) in [7, 11) is 0. The van der Waals surface area contributed by atoms with E-state index in [1.807, 2.05) is 18.2 Å². The molecule has 0 aromatic heterocycles. The summed E-state index contributed by atoms with van der Waals surface area (Å²) in [5.41, 5.74) is 0. The zero-order valence-corrected chi connectivity index (χ0v) is 5.79. The van der Waals surface area contributed by atoms with Gasteiger partial charge in [0.2, 0.25) is 0 Å². The number of hydrogen-bond acceptors (Lipinski definition) is 1. The third kappa shape index (κ3) is 0.737. The van der Waals surface area contributed by atoms with E-state index in [-0.39, 0.29) is 5.92 Å². The lowest BCUT2D eigenvalue weighted by Crippen LogP contribution is -2.11. The zero-order chi connectivity index (χ0) is 6.97. The van der Waals surface area contributed by atoms with Crippen LogP contribution in [0, 0.1) is 11.8 Å². The molecule has 1 heteroatoms. The van der Waals surface area contributed by atoms with E-state index in [9.17, 15) is 4.79 Å². The third-order valence-electron chi connectivity index (χ3n) is 2.34. The van der Waals surface area contributed by atoms with Crippen molar-refractivity contribution in [1.82, 2.24) is 0 Å². The first-order valence-corrected chi connectivity index (χ1v) is 3.75. The van der Waals surface area contributed by atoms with Crippen LogP contribution in [0.1, 0.15) is 12.8 Å². The maximum absolute atomic E-state index is 11.1. The first-order chi connectivity index (χ1) is 4.88. The van der Waals surface area contributed by atoms with Crippen LogP contribution in [0.15, 0.2) is 24.3 Å². The summed E-state index contributed by atoms with van der Waals surface area (Å²) in [5.74, 6) is 1.17. The van der Waals surface area contributed by atoms with Crippen LogP contribution in [0.5, 0.6) is 0 Å². The predicted octanol–water partition coefficient (Wildman–Crippen LogP) is 1.71. The van der Waals surface area contributed by atoms with Crippen molar-refractivity contribution in [3.8, 4) is 0 Å².